The molecule has 4 rings (SSSR count). The first-order valence-electron chi connectivity index (χ1n) is 12.0. The Morgan fingerprint density at radius 1 is 1.00 bits per heavy atom. The van der Waals surface area contributed by atoms with Crippen LogP contribution in [0.5, 0.6) is 0 Å². The second-order valence-corrected chi connectivity index (χ2v) is 9.21. The number of anilines is 1. The van der Waals surface area contributed by atoms with Crippen molar-refractivity contribution >= 4 is 58.0 Å². The molecule has 0 unspecified atom stereocenters. The average Bonchev–Trinajstić information content (AvgIpc) is 3.21. The molecule has 0 bridgehead atoms. The van der Waals surface area contributed by atoms with Crippen LogP contribution in [0, 0.1) is 6.92 Å². The molecule has 0 atom stereocenters. The van der Waals surface area contributed by atoms with Crippen molar-refractivity contribution in [3.05, 3.63) is 93.2 Å². The zero-order valence-electron chi connectivity index (χ0n) is 20.7. The highest BCUT2D eigenvalue weighted by Crippen LogP contribution is 2.29. The maximum Gasteiger partial charge on any atom is 0.248 e. The normalized spacial score (nSPS) is 11.5. The van der Waals surface area contributed by atoms with E-state index < -0.39 is 0 Å². The molecule has 0 N–H and O–H groups in total. The predicted octanol–water partition coefficient (Wildman–Crippen LogP) is 7.41. The second-order valence-electron chi connectivity index (χ2n) is 8.39. The minimum absolute atomic E-state index is 0.0824. The summed E-state index contributed by atoms with van der Waals surface area (Å²) in [5.74, 6) is 0.554. The summed E-state index contributed by atoms with van der Waals surface area (Å²) in [6.45, 7) is 6.83. The summed E-state index contributed by atoms with van der Waals surface area (Å²) in [7, 11) is 0. The van der Waals surface area contributed by atoms with Crippen molar-refractivity contribution in [3.63, 3.8) is 0 Å². The molecule has 0 aliphatic heterocycles. The third-order valence-corrected chi connectivity index (χ3v) is 6.73. The number of ether oxygens (including phenoxy) is 1. The maximum atomic E-state index is 13.8. The number of amides is 1. The Balaban J connectivity index is 1.75. The molecule has 5 nitrogen and oxygen atoms in total. The standard InChI is InChI=1S/C29H29Cl2N3O2/c1-4-21-11-8-10-20(3)29(21)34(19-36-5-2)28(35)18-33-26-15-7-6-14-25(26)32-27(33)17-16-22-23(30)12-9-13-24(22)31/h6-17H,4-5,18-19H2,1-3H3/b17-16+. The maximum absolute atomic E-state index is 13.8. The van der Waals surface area contributed by atoms with Gasteiger partial charge in [-0.05, 0) is 67.8 Å². The van der Waals surface area contributed by atoms with Gasteiger partial charge in [0.15, 0.2) is 0 Å². The Morgan fingerprint density at radius 2 is 1.72 bits per heavy atom. The highest BCUT2D eigenvalue weighted by molar-refractivity contribution is 6.37. The highest BCUT2D eigenvalue weighted by atomic mass is 35.5. The number of aromatic nitrogens is 2. The van der Waals surface area contributed by atoms with Gasteiger partial charge >= 0.3 is 0 Å². The number of hydrogen-bond acceptors (Lipinski definition) is 3. The van der Waals surface area contributed by atoms with Gasteiger partial charge < -0.3 is 9.30 Å². The first-order chi connectivity index (χ1) is 17.4. The van der Waals surface area contributed by atoms with E-state index in [1.165, 1.54) is 0 Å². The third-order valence-electron chi connectivity index (χ3n) is 6.07. The number of aryl methyl sites for hydroxylation is 2. The van der Waals surface area contributed by atoms with Crippen molar-refractivity contribution in [3.8, 4) is 0 Å². The SMILES string of the molecule is CCOCN(C(=O)Cn1c(/C=C/c2c(Cl)cccc2Cl)nc2ccccc21)c1c(C)cccc1CC. The summed E-state index contributed by atoms with van der Waals surface area (Å²) in [5.41, 5.74) is 5.42. The van der Waals surface area contributed by atoms with Crippen LogP contribution < -0.4 is 4.90 Å². The van der Waals surface area contributed by atoms with E-state index in [9.17, 15) is 4.79 Å². The molecule has 4 aromatic rings. The van der Waals surface area contributed by atoms with Crippen LogP contribution in [0.1, 0.15) is 36.4 Å². The first-order valence-corrected chi connectivity index (χ1v) is 12.7. The Bertz CT molecular complexity index is 1390. The fraction of sp³-hybridized carbons (Fsp3) is 0.241. The van der Waals surface area contributed by atoms with Gasteiger partial charge in [-0.1, -0.05) is 66.5 Å². The molecule has 0 aliphatic rings. The van der Waals surface area contributed by atoms with Crippen LogP contribution in [0.25, 0.3) is 23.2 Å². The molecule has 1 aromatic heterocycles. The minimum Gasteiger partial charge on any atom is -0.361 e. The average molecular weight is 522 g/mol. The van der Waals surface area contributed by atoms with E-state index in [0.717, 1.165) is 34.3 Å². The molecule has 36 heavy (non-hydrogen) atoms. The number of rotatable bonds is 9. The lowest BCUT2D eigenvalue weighted by atomic mass is 10.0. The monoisotopic (exact) mass is 521 g/mol. The zero-order valence-corrected chi connectivity index (χ0v) is 22.2. The largest absolute Gasteiger partial charge is 0.361 e. The number of fused-ring (bicyclic) bond motifs is 1. The van der Waals surface area contributed by atoms with E-state index in [4.69, 9.17) is 32.9 Å². The minimum atomic E-state index is -0.0824. The number of para-hydroxylation sites is 3. The van der Waals surface area contributed by atoms with E-state index in [0.29, 0.717) is 28.0 Å². The number of carbonyl (C=O) groups excluding carboxylic acids is 1. The summed E-state index contributed by atoms with van der Waals surface area (Å²) in [6, 6.07) is 19.3. The zero-order chi connectivity index (χ0) is 25.7. The van der Waals surface area contributed by atoms with Gasteiger partial charge in [0.2, 0.25) is 5.91 Å². The van der Waals surface area contributed by atoms with Gasteiger partial charge in [0, 0.05) is 22.2 Å². The summed E-state index contributed by atoms with van der Waals surface area (Å²) in [5, 5.41) is 1.10. The fourth-order valence-corrected chi connectivity index (χ4v) is 4.79. The quantitative estimate of drug-likeness (QED) is 0.215. The van der Waals surface area contributed by atoms with Crippen molar-refractivity contribution in [1.82, 2.24) is 9.55 Å². The number of imidazole rings is 1. The Labute approximate surface area is 221 Å². The number of halogens is 2. The molecule has 186 valence electrons. The van der Waals surface area contributed by atoms with E-state index >= 15 is 0 Å². The second kappa shape index (κ2) is 11.7. The molecule has 0 saturated carbocycles. The summed E-state index contributed by atoms with van der Waals surface area (Å²) < 4.78 is 7.65. The van der Waals surface area contributed by atoms with Gasteiger partial charge in [-0.3, -0.25) is 9.69 Å². The summed E-state index contributed by atoms with van der Waals surface area (Å²) >= 11 is 12.7. The molecular formula is C29H29Cl2N3O2. The topological polar surface area (TPSA) is 47.4 Å². The number of benzene rings is 3. The molecule has 0 saturated heterocycles. The highest BCUT2D eigenvalue weighted by Gasteiger charge is 2.22. The molecule has 1 heterocycles. The van der Waals surface area contributed by atoms with Crippen molar-refractivity contribution in [2.45, 2.75) is 33.7 Å². The fourth-order valence-electron chi connectivity index (χ4n) is 4.27. The van der Waals surface area contributed by atoms with Crippen molar-refractivity contribution in [2.75, 3.05) is 18.2 Å². The van der Waals surface area contributed by atoms with Gasteiger partial charge in [0.25, 0.3) is 0 Å². The molecule has 0 radical (unpaired) electrons. The van der Waals surface area contributed by atoms with E-state index in [1.807, 2.05) is 67.0 Å². The lowest BCUT2D eigenvalue weighted by Gasteiger charge is -2.27. The lowest BCUT2D eigenvalue weighted by molar-refractivity contribution is -0.120. The summed E-state index contributed by atoms with van der Waals surface area (Å²) in [6.07, 6.45) is 4.49. The molecule has 0 fully saturated rings. The Hall–Kier alpha value is -3.12. The smallest absolute Gasteiger partial charge is 0.248 e. The molecule has 0 aliphatic carbocycles. The van der Waals surface area contributed by atoms with E-state index in [1.54, 1.807) is 23.1 Å². The number of nitrogens with zero attached hydrogens (tertiary/aromatic N) is 3. The van der Waals surface area contributed by atoms with E-state index in [2.05, 4.69) is 13.0 Å². The number of carbonyl (C=O) groups is 1. The molecule has 3 aromatic carbocycles. The molecule has 7 heteroatoms. The van der Waals surface area contributed by atoms with Crippen LogP contribution >= 0.6 is 23.2 Å². The molecule has 0 spiro atoms. The van der Waals surface area contributed by atoms with Crippen molar-refractivity contribution in [2.24, 2.45) is 0 Å². The molecule has 1 amide bonds. The van der Waals surface area contributed by atoms with Gasteiger partial charge in [-0.15, -0.1) is 0 Å². The van der Waals surface area contributed by atoms with Crippen LogP contribution in [-0.2, 0) is 22.5 Å². The predicted molar refractivity (Wildman–Crippen MR) is 150 cm³/mol. The lowest BCUT2D eigenvalue weighted by Crippen LogP contribution is -2.37. The van der Waals surface area contributed by atoms with E-state index in [-0.39, 0.29) is 19.2 Å². The van der Waals surface area contributed by atoms with Gasteiger partial charge in [-0.25, -0.2) is 4.98 Å². The number of hydrogen-bond donors (Lipinski definition) is 0. The first kappa shape index (κ1) is 26.0. The van der Waals surface area contributed by atoms with Crippen molar-refractivity contribution < 1.29 is 9.53 Å². The Kier molecular flexibility index (Phi) is 8.47. The van der Waals surface area contributed by atoms with Crippen LogP contribution in [0.2, 0.25) is 10.0 Å². The third kappa shape index (κ3) is 5.49. The Morgan fingerprint density at radius 3 is 2.44 bits per heavy atom. The van der Waals surface area contributed by atoms with Gasteiger partial charge in [0.05, 0.1) is 16.7 Å². The van der Waals surface area contributed by atoms with Crippen LogP contribution in [-0.4, -0.2) is 28.8 Å². The van der Waals surface area contributed by atoms with Gasteiger partial charge in [0.1, 0.15) is 19.1 Å². The van der Waals surface area contributed by atoms with Crippen LogP contribution in [0.4, 0.5) is 5.69 Å². The van der Waals surface area contributed by atoms with Crippen LogP contribution in [0.3, 0.4) is 0 Å². The summed E-state index contributed by atoms with van der Waals surface area (Å²) in [4.78, 5) is 20.4. The van der Waals surface area contributed by atoms with Crippen molar-refractivity contribution in [1.29, 1.82) is 0 Å². The van der Waals surface area contributed by atoms with Crippen LogP contribution in [0.15, 0.2) is 60.7 Å². The van der Waals surface area contributed by atoms with Gasteiger partial charge in [-0.2, -0.15) is 0 Å². The molecular weight excluding hydrogens is 493 g/mol.